The average Bonchev–Trinajstić information content (AvgIpc) is 2.09. The van der Waals surface area contributed by atoms with Gasteiger partial charge in [0.15, 0.2) is 0 Å². The average molecular weight is 188 g/mol. The molecule has 0 amide bonds. The normalized spacial score (nSPS) is 13.5. The second kappa shape index (κ2) is 9.56. The van der Waals surface area contributed by atoms with Crippen LogP contribution in [0.25, 0.3) is 0 Å². The minimum Gasteiger partial charge on any atom is -0.502 e. The molecule has 2 heteroatoms. The van der Waals surface area contributed by atoms with E-state index in [9.17, 15) is 4.39 Å². The Hall–Kier alpha value is -0.530. The Morgan fingerprint density at radius 2 is 2.15 bits per heavy atom. The number of hydrogen-bond donors (Lipinski definition) is 0. The molecule has 0 aromatic heterocycles. The molecule has 0 aliphatic heterocycles. The summed E-state index contributed by atoms with van der Waals surface area (Å²) < 4.78 is 17.5. The van der Waals surface area contributed by atoms with Crippen LogP contribution in [0.2, 0.25) is 0 Å². The van der Waals surface area contributed by atoms with E-state index in [4.69, 9.17) is 4.74 Å². The molecule has 0 rings (SSSR count). The highest BCUT2D eigenvalue weighted by Gasteiger charge is 1.95. The van der Waals surface area contributed by atoms with Crippen LogP contribution in [0.4, 0.5) is 4.39 Å². The van der Waals surface area contributed by atoms with Gasteiger partial charge in [0, 0.05) is 0 Å². The molecule has 0 bridgehead atoms. The molecular weight excluding hydrogens is 167 g/mol. The molecule has 0 N–H and O–H groups in total. The fraction of sp³-hybridized carbons (Fsp3) is 0.818. The molecule has 78 valence electrons. The first-order chi connectivity index (χ1) is 6.27. The number of ether oxygens (including phenoxy) is 1. The molecule has 0 aliphatic rings. The van der Waals surface area contributed by atoms with Crippen LogP contribution in [0.3, 0.4) is 0 Å². The fourth-order valence-electron chi connectivity index (χ4n) is 1.01. The Labute approximate surface area is 81.0 Å². The Bertz CT molecular complexity index is 121. The van der Waals surface area contributed by atoms with Crippen molar-refractivity contribution >= 4 is 0 Å². The lowest BCUT2D eigenvalue weighted by Crippen LogP contribution is -1.90. The van der Waals surface area contributed by atoms with Crippen molar-refractivity contribution < 1.29 is 9.13 Å². The molecule has 0 aromatic rings. The zero-order valence-corrected chi connectivity index (χ0v) is 8.76. The number of alkyl halides is 1. The van der Waals surface area contributed by atoms with Gasteiger partial charge in [-0.3, -0.25) is 0 Å². The smallest absolute Gasteiger partial charge is 0.0973 e. The minimum absolute atomic E-state index is 0.652. The third-order valence-corrected chi connectivity index (χ3v) is 1.74. The van der Waals surface area contributed by atoms with Gasteiger partial charge in [0.25, 0.3) is 0 Å². The van der Waals surface area contributed by atoms with Crippen molar-refractivity contribution in [2.24, 2.45) is 0 Å². The van der Waals surface area contributed by atoms with Gasteiger partial charge >= 0.3 is 0 Å². The van der Waals surface area contributed by atoms with Gasteiger partial charge in [0.05, 0.1) is 19.0 Å². The molecule has 0 aliphatic carbocycles. The van der Waals surface area contributed by atoms with Crippen LogP contribution in [0.5, 0.6) is 0 Å². The van der Waals surface area contributed by atoms with Crippen molar-refractivity contribution in [2.45, 2.75) is 52.1 Å². The Kier molecular flexibility index (Phi) is 9.17. The van der Waals surface area contributed by atoms with E-state index >= 15 is 0 Å². The number of hydrogen-bond acceptors (Lipinski definition) is 1. The maximum absolute atomic E-state index is 12.3. The van der Waals surface area contributed by atoms with E-state index in [0.29, 0.717) is 6.42 Å². The predicted molar refractivity (Wildman–Crippen MR) is 54.4 cm³/mol. The van der Waals surface area contributed by atoms with Crippen LogP contribution in [0, 0.1) is 0 Å². The fourth-order valence-corrected chi connectivity index (χ4v) is 1.01. The van der Waals surface area contributed by atoms with E-state index in [1.165, 1.54) is 0 Å². The quantitative estimate of drug-likeness (QED) is 0.415. The molecule has 1 unspecified atom stereocenters. The number of rotatable bonds is 8. The minimum atomic E-state index is -0.652. The van der Waals surface area contributed by atoms with Crippen LogP contribution in [-0.2, 0) is 4.74 Å². The molecule has 0 fully saturated rings. The van der Waals surface area contributed by atoms with Crippen molar-refractivity contribution in [1.29, 1.82) is 0 Å². The third kappa shape index (κ3) is 11.5. The standard InChI is InChI=1S/C11H21FO/c1-3-9-13-10-7-5-4-6-8-11(2)12/h7,10-11H,3-6,8-9H2,1-2H3. The van der Waals surface area contributed by atoms with E-state index in [-0.39, 0.29) is 0 Å². The van der Waals surface area contributed by atoms with Gasteiger partial charge < -0.3 is 4.74 Å². The Morgan fingerprint density at radius 1 is 1.38 bits per heavy atom. The van der Waals surface area contributed by atoms with Gasteiger partial charge in [0.2, 0.25) is 0 Å². The lowest BCUT2D eigenvalue weighted by molar-refractivity contribution is 0.248. The molecule has 1 atom stereocenters. The molecule has 0 saturated heterocycles. The first kappa shape index (κ1) is 12.5. The highest BCUT2D eigenvalue weighted by atomic mass is 19.1. The largest absolute Gasteiger partial charge is 0.502 e. The molecule has 0 aromatic carbocycles. The lowest BCUT2D eigenvalue weighted by Gasteiger charge is -1.99. The Morgan fingerprint density at radius 3 is 2.77 bits per heavy atom. The molecule has 13 heavy (non-hydrogen) atoms. The van der Waals surface area contributed by atoms with E-state index in [2.05, 4.69) is 6.92 Å². The molecule has 0 heterocycles. The summed E-state index contributed by atoms with van der Waals surface area (Å²) in [6.07, 6.45) is 7.86. The van der Waals surface area contributed by atoms with Gasteiger partial charge in [-0.05, 0) is 38.7 Å². The summed E-state index contributed by atoms with van der Waals surface area (Å²) in [7, 11) is 0. The summed E-state index contributed by atoms with van der Waals surface area (Å²) in [5, 5.41) is 0. The predicted octanol–water partition coefficient (Wildman–Crippen LogP) is 3.85. The summed E-state index contributed by atoms with van der Waals surface area (Å²) in [5.74, 6) is 0. The zero-order chi connectivity index (χ0) is 9.94. The van der Waals surface area contributed by atoms with Crippen molar-refractivity contribution in [3.8, 4) is 0 Å². The second-order valence-corrected chi connectivity index (χ2v) is 3.31. The SMILES string of the molecule is CCCOC=CCCCCC(C)F. The topological polar surface area (TPSA) is 9.23 Å². The number of halogens is 1. The van der Waals surface area contributed by atoms with Crippen molar-refractivity contribution in [1.82, 2.24) is 0 Å². The highest BCUT2D eigenvalue weighted by Crippen LogP contribution is 2.06. The first-order valence-corrected chi connectivity index (χ1v) is 5.18. The summed E-state index contributed by atoms with van der Waals surface area (Å²) >= 11 is 0. The summed E-state index contributed by atoms with van der Waals surface area (Å²) in [6, 6.07) is 0. The van der Waals surface area contributed by atoms with Crippen LogP contribution < -0.4 is 0 Å². The first-order valence-electron chi connectivity index (χ1n) is 5.18. The molecule has 0 radical (unpaired) electrons. The molecule has 0 spiro atoms. The lowest BCUT2D eigenvalue weighted by atomic mass is 10.1. The Balaban J connectivity index is 3.02. The summed E-state index contributed by atoms with van der Waals surface area (Å²) in [4.78, 5) is 0. The highest BCUT2D eigenvalue weighted by molar-refractivity contribution is 4.73. The number of unbranched alkanes of at least 4 members (excludes halogenated alkanes) is 2. The van der Waals surface area contributed by atoms with Crippen molar-refractivity contribution in [3.05, 3.63) is 12.3 Å². The molecule has 1 nitrogen and oxygen atoms in total. The van der Waals surface area contributed by atoms with Crippen LogP contribution in [0.15, 0.2) is 12.3 Å². The van der Waals surface area contributed by atoms with Gasteiger partial charge in [-0.1, -0.05) is 13.3 Å². The van der Waals surface area contributed by atoms with Gasteiger partial charge in [0.1, 0.15) is 0 Å². The van der Waals surface area contributed by atoms with Crippen molar-refractivity contribution in [3.63, 3.8) is 0 Å². The van der Waals surface area contributed by atoms with Gasteiger partial charge in [-0.2, -0.15) is 0 Å². The van der Waals surface area contributed by atoms with E-state index in [1.54, 1.807) is 13.2 Å². The monoisotopic (exact) mass is 188 g/mol. The molecule has 0 saturated carbocycles. The van der Waals surface area contributed by atoms with E-state index in [0.717, 1.165) is 32.3 Å². The van der Waals surface area contributed by atoms with E-state index < -0.39 is 6.17 Å². The zero-order valence-electron chi connectivity index (χ0n) is 8.76. The van der Waals surface area contributed by atoms with Crippen LogP contribution >= 0.6 is 0 Å². The third-order valence-electron chi connectivity index (χ3n) is 1.74. The molecular formula is C11H21FO. The van der Waals surface area contributed by atoms with Gasteiger partial charge in [-0.15, -0.1) is 0 Å². The second-order valence-electron chi connectivity index (χ2n) is 3.31. The van der Waals surface area contributed by atoms with E-state index in [1.807, 2.05) is 6.08 Å². The summed E-state index contributed by atoms with van der Waals surface area (Å²) in [6.45, 7) is 4.48. The maximum Gasteiger partial charge on any atom is 0.0973 e. The van der Waals surface area contributed by atoms with Crippen LogP contribution in [-0.4, -0.2) is 12.8 Å². The number of allylic oxidation sites excluding steroid dienone is 1. The van der Waals surface area contributed by atoms with Crippen LogP contribution in [0.1, 0.15) is 46.0 Å². The van der Waals surface area contributed by atoms with Crippen molar-refractivity contribution in [2.75, 3.05) is 6.61 Å². The summed E-state index contributed by atoms with van der Waals surface area (Å²) in [5.41, 5.74) is 0. The maximum atomic E-state index is 12.3. The van der Waals surface area contributed by atoms with Gasteiger partial charge in [-0.25, -0.2) is 4.39 Å².